The number of benzene rings is 2. The first-order valence-electron chi connectivity index (χ1n) is 5.96. The molecule has 2 aromatic rings. The molecule has 0 amide bonds. The van der Waals surface area contributed by atoms with Crippen molar-refractivity contribution in [3.05, 3.63) is 58.9 Å². The molecule has 1 nitrogen and oxygen atoms in total. The fraction of sp³-hybridized carbons (Fsp3) is 0.200. The number of rotatable bonds is 4. The first kappa shape index (κ1) is 14.2. The highest BCUT2D eigenvalue weighted by Gasteiger charge is 2.10. The predicted octanol–water partition coefficient (Wildman–Crippen LogP) is 5.37. The molecule has 0 aromatic heterocycles. The normalized spacial score (nSPS) is 12.2. The van der Waals surface area contributed by atoms with Gasteiger partial charge in [-0.3, -0.25) is 0 Å². The maximum absolute atomic E-state index is 13.8. The van der Waals surface area contributed by atoms with Crippen molar-refractivity contribution < 1.29 is 4.39 Å². The summed E-state index contributed by atoms with van der Waals surface area (Å²) in [5.41, 5.74) is 1.53. The first-order chi connectivity index (χ1) is 9.11. The Kier molecular flexibility index (Phi) is 4.72. The smallest absolute Gasteiger partial charge is 0.164 e. The molecule has 2 aromatic carbocycles. The Labute approximate surface area is 122 Å². The van der Waals surface area contributed by atoms with Gasteiger partial charge in [-0.2, -0.15) is 0 Å². The second-order valence-corrected chi connectivity index (χ2v) is 5.53. The van der Waals surface area contributed by atoms with Gasteiger partial charge < -0.3 is 5.32 Å². The van der Waals surface area contributed by atoms with Gasteiger partial charge in [0.25, 0.3) is 0 Å². The van der Waals surface area contributed by atoms with Gasteiger partial charge in [-0.25, -0.2) is 4.39 Å². The quantitative estimate of drug-likeness (QED) is 0.761. The topological polar surface area (TPSA) is 12.0 Å². The van der Waals surface area contributed by atoms with E-state index in [4.69, 9.17) is 11.6 Å². The minimum absolute atomic E-state index is 0.0175. The van der Waals surface area contributed by atoms with Crippen molar-refractivity contribution in [1.29, 1.82) is 0 Å². The molecule has 0 aliphatic carbocycles. The highest BCUT2D eigenvalue weighted by molar-refractivity contribution is 7.98. The highest BCUT2D eigenvalue weighted by Crippen LogP contribution is 2.26. The molecule has 0 spiro atoms. The summed E-state index contributed by atoms with van der Waals surface area (Å²) >= 11 is 7.46. The fourth-order valence-corrected chi connectivity index (χ4v) is 2.41. The van der Waals surface area contributed by atoms with E-state index in [1.54, 1.807) is 30.0 Å². The summed E-state index contributed by atoms with van der Waals surface area (Å²) in [6.45, 7) is 1.99. The number of anilines is 1. The number of thioether (sulfide) groups is 1. The summed E-state index contributed by atoms with van der Waals surface area (Å²) in [4.78, 5) is 1.21. The number of hydrogen-bond acceptors (Lipinski definition) is 2. The summed E-state index contributed by atoms with van der Waals surface area (Å²) in [6, 6.07) is 13.2. The lowest BCUT2D eigenvalue weighted by Gasteiger charge is -2.17. The average Bonchev–Trinajstić information content (AvgIpc) is 2.44. The Balaban J connectivity index is 2.15. The van der Waals surface area contributed by atoms with Crippen LogP contribution in [0.5, 0.6) is 0 Å². The van der Waals surface area contributed by atoms with E-state index < -0.39 is 5.82 Å². The molecule has 0 saturated carbocycles. The number of hydrogen-bond donors (Lipinski definition) is 1. The summed E-state index contributed by atoms with van der Waals surface area (Å²) in [5.74, 6) is -0.406. The van der Waals surface area contributed by atoms with Gasteiger partial charge in [-0.15, -0.1) is 11.8 Å². The molecule has 1 unspecified atom stereocenters. The minimum Gasteiger partial charge on any atom is -0.376 e. The zero-order chi connectivity index (χ0) is 13.8. The SMILES string of the molecule is CSc1ccc(C(C)Nc2cccc(Cl)c2F)cc1. The largest absolute Gasteiger partial charge is 0.376 e. The lowest BCUT2D eigenvalue weighted by Crippen LogP contribution is -2.08. The van der Waals surface area contributed by atoms with Crippen molar-refractivity contribution in [2.24, 2.45) is 0 Å². The van der Waals surface area contributed by atoms with E-state index >= 15 is 0 Å². The van der Waals surface area contributed by atoms with E-state index in [1.807, 2.05) is 25.3 Å². The van der Waals surface area contributed by atoms with Crippen LogP contribution in [0, 0.1) is 5.82 Å². The van der Waals surface area contributed by atoms with Crippen LogP contribution in [0.25, 0.3) is 0 Å². The van der Waals surface area contributed by atoms with Gasteiger partial charge in [-0.05, 0) is 43.0 Å². The molecule has 0 bridgehead atoms. The van der Waals surface area contributed by atoms with Crippen molar-refractivity contribution in [2.45, 2.75) is 17.9 Å². The Hall–Kier alpha value is -1.19. The van der Waals surface area contributed by atoms with Gasteiger partial charge in [0.1, 0.15) is 0 Å². The lowest BCUT2D eigenvalue weighted by atomic mass is 10.1. The van der Waals surface area contributed by atoms with E-state index in [0.29, 0.717) is 5.69 Å². The van der Waals surface area contributed by atoms with Crippen LogP contribution in [0.2, 0.25) is 5.02 Å². The van der Waals surface area contributed by atoms with Crippen molar-refractivity contribution in [2.75, 3.05) is 11.6 Å². The zero-order valence-corrected chi connectivity index (χ0v) is 12.4. The molecule has 0 aliphatic rings. The van der Waals surface area contributed by atoms with Crippen LogP contribution >= 0.6 is 23.4 Å². The minimum atomic E-state index is -0.406. The van der Waals surface area contributed by atoms with Crippen LogP contribution in [-0.4, -0.2) is 6.26 Å². The Morgan fingerprint density at radius 1 is 1.16 bits per heavy atom. The van der Waals surface area contributed by atoms with Crippen LogP contribution in [0.4, 0.5) is 10.1 Å². The van der Waals surface area contributed by atoms with Crippen molar-refractivity contribution >= 4 is 29.1 Å². The van der Waals surface area contributed by atoms with E-state index in [2.05, 4.69) is 17.4 Å². The lowest BCUT2D eigenvalue weighted by molar-refractivity contribution is 0.628. The molecule has 0 saturated heterocycles. The van der Waals surface area contributed by atoms with Crippen molar-refractivity contribution in [3.8, 4) is 0 Å². The van der Waals surface area contributed by atoms with Crippen LogP contribution < -0.4 is 5.32 Å². The van der Waals surface area contributed by atoms with E-state index in [-0.39, 0.29) is 11.1 Å². The molecule has 100 valence electrons. The Morgan fingerprint density at radius 2 is 1.84 bits per heavy atom. The van der Waals surface area contributed by atoms with Gasteiger partial charge in [0.15, 0.2) is 5.82 Å². The molecule has 0 heterocycles. The monoisotopic (exact) mass is 295 g/mol. The summed E-state index contributed by atoms with van der Waals surface area (Å²) in [7, 11) is 0. The van der Waals surface area contributed by atoms with Gasteiger partial charge in [0, 0.05) is 10.9 Å². The third-order valence-corrected chi connectivity index (χ3v) is 3.97. The Bertz CT molecular complexity index is 557. The molecular formula is C15H15ClFNS. The van der Waals surface area contributed by atoms with Gasteiger partial charge in [0.2, 0.25) is 0 Å². The van der Waals surface area contributed by atoms with E-state index in [9.17, 15) is 4.39 Å². The number of halogens is 2. The summed E-state index contributed by atoms with van der Waals surface area (Å²) in [6.07, 6.45) is 2.04. The predicted molar refractivity (Wildman–Crippen MR) is 81.7 cm³/mol. The maximum Gasteiger partial charge on any atom is 0.164 e. The second kappa shape index (κ2) is 6.31. The third kappa shape index (κ3) is 3.43. The third-order valence-electron chi connectivity index (χ3n) is 2.94. The molecular weight excluding hydrogens is 281 g/mol. The summed E-state index contributed by atoms with van der Waals surface area (Å²) < 4.78 is 13.8. The molecule has 0 fully saturated rings. The van der Waals surface area contributed by atoms with Gasteiger partial charge in [0.05, 0.1) is 10.7 Å². The zero-order valence-electron chi connectivity index (χ0n) is 10.8. The van der Waals surface area contributed by atoms with Crippen molar-refractivity contribution in [1.82, 2.24) is 0 Å². The average molecular weight is 296 g/mol. The molecule has 2 rings (SSSR count). The molecule has 0 aliphatic heterocycles. The maximum atomic E-state index is 13.8. The van der Waals surface area contributed by atoms with Crippen LogP contribution in [-0.2, 0) is 0 Å². The molecule has 1 N–H and O–H groups in total. The number of nitrogens with one attached hydrogen (secondary N) is 1. The first-order valence-corrected chi connectivity index (χ1v) is 7.56. The second-order valence-electron chi connectivity index (χ2n) is 4.24. The van der Waals surface area contributed by atoms with Crippen molar-refractivity contribution in [3.63, 3.8) is 0 Å². The molecule has 0 radical (unpaired) electrons. The van der Waals surface area contributed by atoms with E-state index in [1.165, 1.54) is 4.90 Å². The van der Waals surface area contributed by atoms with Gasteiger partial charge in [-0.1, -0.05) is 29.8 Å². The van der Waals surface area contributed by atoms with Crippen LogP contribution in [0.3, 0.4) is 0 Å². The molecule has 19 heavy (non-hydrogen) atoms. The summed E-state index contributed by atoms with van der Waals surface area (Å²) in [5, 5.41) is 3.27. The Morgan fingerprint density at radius 3 is 2.47 bits per heavy atom. The highest BCUT2D eigenvalue weighted by atomic mass is 35.5. The van der Waals surface area contributed by atoms with Gasteiger partial charge >= 0.3 is 0 Å². The fourth-order valence-electron chi connectivity index (χ4n) is 1.82. The standard InChI is InChI=1S/C15H15ClFNS/c1-10(11-6-8-12(19-2)9-7-11)18-14-5-3-4-13(16)15(14)17/h3-10,18H,1-2H3. The van der Waals surface area contributed by atoms with Crippen LogP contribution in [0.1, 0.15) is 18.5 Å². The molecule has 4 heteroatoms. The molecule has 1 atom stereocenters. The van der Waals surface area contributed by atoms with E-state index in [0.717, 1.165) is 5.56 Å². The van der Waals surface area contributed by atoms with Crippen LogP contribution in [0.15, 0.2) is 47.4 Å².